The van der Waals surface area contributed by atoms with Crippen LogP contribution in [0.1, 0.15) is 29.5 Å². The van der Waals surface area contributed by atoms with Gasteiger partial charge in [-0.2, -0.15) is 0 Å². The molecule has 0 aliphatic heterocycles. The maximum atomic E-state index is 12.4. The Kier molecular flexibility index (Phi) is 4.93. The summed E-state index contributed by atoms with van der Waals surface area (Å²) < 4.78 is 5.14. The first kappa shape index (κ1) is 15.8. The number of hydrogen-bond donors (Lipinski definition) is 2. The minimum absolute atomic E-state index is 0.00837. The van der Waals surface area contributed by atoms with E-state index in [-0.39, 0.29) is 24.8 Å². The van der Waals surface area contributed by atoms with Crippen molar-refractivity contribution < 1.29 is 19.2 Å². The third kappa shape index (κ3) is 3.72. The molecule has 116 valence electrons. The lowest BCUT2D eigenvalue weighted by Gasteiger charge is -2.10. The number of benzene rings is 1. The van der Waals surface area contributed by atoms with Crippen LogP contribution >= 0.6 is 0 Å². The molecular weight excluding hydrogens is 284 g/mol. The summed E-state index contributed by atoms with van der Waals surface area (Å²) >= 11 is 0. The van der Waals surface area contributed by atoms with E-state index in [4.69, 9.17) is 9.63 Å². The minimum atomic E-state index is -0.882. The van der Waals surface area contributed by atoms with Crippen molar-refractivity contribution in [3.05, 3.63) is 41.7 Å². The molecule has 0 aliphatic rings. The Labute approximate surface area is 128 Å². The van der Waals surface area contributed by atoms with E-state index in [1.54, 1.807) is 13.8 Å². The maximum Gasteiger partial charge on any atom is 0.303 e. The smallest absolute Gasteiger partial charge is 0.303 e. The van der Waals surface area contributed by atoms with Gasteiger partial charge in [0.2, 0.25) is 0 Å². The van der Waals surface area contributed by atoms with Gasteiger partial charge in [0.25, 0.3) is 5.91 Å². The standard InChI is InChI=1S/C16H18N2O4/c1-10(8-13(19)20)9-17-16(21)14-11(2)22-18-15(14)12-6-4-3-5-7-12/h3-7,10H,8-9H2,1-2H3,(H,17,21)(H,19,20). The fourth-order valence-corrected chi connectivity index (χ4v) is 2.16. The van der Waals surface area contributed by atoms with Crippen LogP contribution < -0.4 is 5.32 Å². The average molecular weight is 302 g/mol. The Morgan fingerprint density at radius 2 is 2.00 bits per heavy atom. The van der Waals surface area contributed by atoms with E-state index in [1.807, 2.05) is 30.3 Å². The number of nitrogens with one attached hydrogen (secondary N) is 1. The Morgan fingerprint density at radius 3 is 2.64 bits per heavy atom. The first-order valence-corrected chi connectivity index (χ1v) is 7.00. The summed E-state index contributed by atoms with van der Waals surface area (Å²) in [5.74, 6) is -0.910. The van der Waals surface area contributed by atoms with Gasteiger partial charge in [0.05, 0.1) is 0 Å². The van der Waals surface area contributed by atoms with Crippen LogP contribution in [0.4, 0.5) is 0 Å². The number of amides is 1. The lowest BCUT2D eigenvalue weighted by atomic mass is 10.0. The molecule has 6 nitrogen and oxygen atoms in total. The molecule has 0 saturated heterocycles. The van der Waals surface area contributed by atoms with Crippen molar-refractivity contribution in [2.24, 2.45) is 5.92 Å². The minimum Gasteiger partial charge on any atom is -0.481 e. The Morgan fingerprint density at radius 1 is 1.32 bits per heavy atom. The van der Waals surface area contributed by atoms with Crippen LogP contribution in [0.2, 0.25) is 0 Å². The molecule has 1 unspecified atom stereocenters. The van der Waals surface area contributed by atoms with Crippen LogP contribution in [0.3, 0.4) is 0 Å². The maximum absolute atomic E-state index is 12.4. The van der Waals surface area contributed by atoms with Crippen molar-refractivity contribution in [3.63, 3.8) is 0 Å². The van der Waals surface area contributed by atoms with Crippen LogP contribution in [0.25, 0.3) is 11.3 Å². The quantitative estimate of drug-likeness (QED) is 0.855. The first-order chi connectivity index (χ1) is 10.5. The van der Waals surface area contributed by atoms with Gasteiger partial charge in [0, 0.05) is 18.5 Å². The Hall–Kier alpha value is -2.63. The van der Waals surface area contributed by atoms with E-state index in [0.29, 0.717) is 17.0 Å². The van der Waals surface area contributed by atoms with E-state index in [1.165, 1.54) is 0 Å². The summed E-state index contributed by atoms with van der Waals surface area (Å²) in [6, 6.07) is 9.29. The molecule has 0 spiro atoms. The van der Waals surface area contributed by atoms with Crippen LogP contribution in [-0.2, 0) is 4.79 Å². The number of carbonyl (C=O) groups excluding carboxylic acids is 1. The predicted octanol–water partition coefficient (Wildman–Crippen LogP) is 2.49. The highest BCUT2D eigenvalue weighted by Gasteiger charge is 2.21. The lowest BCUT2D eigenvalue weighted by molar-refractivity contribution is -0.137. The number of aryl methyl sites for hydroxylation is 1. The molecule has 0 bridgehead atoms. The third-order valence-corrected chi connectivity index (χ3v) is 3.27. The highest BCUT2D eigenvalue weighted by molar-refractivity contribution is 6.00. The van der Waals surface area contributed by atoms with Gasteiger partial charge in [-0.25, -0.2) is 0 Å². The number of carboxylic acid groups (broad SMARTS) is 1. The number of carbonyl (C=O) groups is 2. The second-order valence-corrected chi connectivity index (χ2v) is 5.24. The normalized spacial score (nSPS) is 11.9. The Balaban J connectivity index is 2.13. The van der Waals surface area contributed by atoms with Crippen molar-refractivity contribution in [2.45, 2.75) is 20.3 Å². The molecule has 0 fully saturated rings. The number of hydrogen-bond acceptors (Lipinski definition) is 4. The van der Waals surface area contributed by atoms with Crippen molar-refractivity contribution in [1.82, 2.24) is 10.5 Å². The zero-order valence-electron chi connectivity index (χ0n) is 12.5. The largest absolute Gasteiger partial charge is 0.481 e. The fourth-order valence-electron chi connectivity index (χ4n) is 2.16. The molecule has 1 heterocycles. The molecule has 1 amide bonds. The van der Waals surface area contributed by atoms with E-state index in [9.17, 15) is 9.59 Å². The zero-order chi connectivity index (χ0) is 16.1. The van der Waals surface area contributed by atoms with Crippen LogP contribution in [0.15, 0.2) is 34.9 Å². The summed E-state index contributed by atoms with van der Waals surface area (Å²) in [6.07, 6.45) is 0.00837. The predicted molar refractivity (Wildman–Crippen MR) is 80.4 cm³/mol. The van der Waals surface area contributed by atoms with Crippen LogP contribution in [-0.4, -0.2) is 28.7 Å². The van der Waals surface area contributed by atoms with Gasteiger partial charge >= 0.3 is 5.97 Å². The van der Waals surface area contributed by atoms with Crippen molar-refractivity contribution in [2.75, 3.05) is 6.54 Å². The molecule has 1 aromatic heterocycles. The molecule has 2 aromatic rings. The fraction of sp³-hybridized carbons (Fsp3) is 0.312. The number of rotatable bonds is 6. The van der Waals surface area contributed by atoms with E-state index in [2.05, 4.69) is 10.5 Å². The summed E-state index contributed by atoms with van der Waals surface area (Å²) in [6.45, 7) is 3.73. The van der Waals surface area contributed by atoms with Crippen LogP contribution in [0.5, 0.6) is 0 Å². The molecular formula is C16H18N2O4. The second kappa shape index (κ2) is 6.89. The van der Waals surface area contributed by atoms with Gasteiger partial charge in [0.15, 0.2) is 0 Å². The molecule has 2 N–H and O–H groups in total. The van der Waals surface area contributed by atoms with E-state index >= 15 is 0 Å². The van der Waals surface area contributed by atoms with Crippen LogP contribution in [0, 0.1) is 12.8 Å². The van der Waals surface area contributed by atoms with Gasteiger partial charge < -0.3 is 14.9 Å². The molecule has 0 saturated carbocycles. The number of aliphatic carboxylic acids is 1. The summed E-state index contributed by atoms with van der Waals surface area (Å²) in [7, 11) is 0. The van der Waals surface area contributed by atoms with Gasteiger partial charge in [-0.3, -0.25) is 9.59 Å². The second-order valence-electron chi connectivity index (χ2n) is 5.24. The number of nitrogens with zero attached hydrogens (tertiary/aromatic N) is 1. The van der Waals surface area contributed by atoms with E-state index < -0.39 is 5.97 Å². The molecule has 22 heavy (non-hydrogen) atoms. The Bertz CT molecular complexity index is 664. The third-order valence-electron chi connectivity index (χ3n) is 3.27. The van der Waals surface area contributed by atoms with Crippen molar-refractivity contribution in [3.8, 4) is 11.3 Å². The summed E-state index contributed by atoms with van der Waals surface area (Å²) in [4.78, 5) is 23.0. The van der Waals surface area contributed by atoms with Crippen molar-refractivity contribution in [1.29, 1.82) is 0 Å². The molecule has 2 rings (SSSR count). The SMILES string of the molecule is Cc1onc(-c2ccccc2)c1C(=O)NCC(C)CC(=O)O. The molecule has 0 aliphatic carbocycles. The molecule has 0 radical (unpaired) electrons. The topological polar surface area (TPSA) is 92.4 Å². The molecule has 1 atom stereocenters. The zero-order valence-corrected chi connectivity index (χ0v) is 12.5. The lowest BCUT2D eigenvalue weighted by Crippen LogP contribution is -2.29. The van der Waals surface area contributed by atoms with Gasteiger partial charge in [-0.05, 0) is 12.8 Å². The summed E-state index contributed by atoms with van der Waals surface area (Å²) in [5.41, 5.74) is 1.67. The molecule has 1 aromatic carbocycles. The average Bonchev–Trinajstić information content (AvgIpc) is 2.87. The highest BCUT2D eigenvalue weighted by Crippen LogP contribution is 2.24. The molecule has 6 heteroatoms. The first-order valence-electron chi connectivity index (χ1n) is 7.00. The van der Waals surface area contributed by atoms with Gasteiger partial charge in [-0.15, -0.1) is 0 Å². The van der Waals surface area contributed by atoms with E-state index in [0.717, 1.165) is 5.56 Å². The van der Waals surface area contributed by atoms with Crippen molar-refractivity contribution >= 4 is 11.9 Å². The summed E-state index contributed by atoms with van der Waals surface area (Å²) in [5, 5.41) is 15.4. The number of carboxylic acids is 1. The number of aromatic nitrogens is 1. The van der Waals surface area contributed by atoms with Gasteiger partial charge in [0.1, 0.15) is 17.0 Å². The monoisotopic (exact) mass is 302 g/mol. The van der Waals surface area contributed by atoms with Gasteiger partial charge in [-0.1, -0.05) is 42.4 Å². The highest BCUT2D eigenvalue weighted by atomic mass is 16.5.